The lowest BCUT2D eigenvalue weighted by Gasteiger charge is -2.36. The van der Waals surface area contributed by atoms with E-state index in [0.717, 1.165) is 18.7 Å². The summed E-state index contributed by atoms with van der Waals surface area (Å²) in [7, 11) is 1.63. The van der Waals surface area contributed by atoms with Crippen molar-refractivity contribution in [3.8, 4) is 0 Å². The van der Waals surface area contributed by atoms with E-state index in [2.05, 4.69) is 15.5 Å². The monoisotopic (exact) mass is 388 g/mol. The zero-order valence-electron chi connectivity index (χ0n) is 15.9. The number of aromatic nitrogens is 3. The zero-order chi connectivity index (χ0) is 19.7. The molecule has 0 spiro atoms. The van der Waals surface area contributed by atoms with E-state index in [1.165, 1.54) is 6.07 Å². The predicted molar refractivity (Wildman–Crippen MR) is 99.0 cm³/mol. The smallest absolute Gasteiger partial charge is 0.230 e. The van der Waals surface area contributed by atoms with Gasteiger partial charge in [-0.3, -0.25) is 4.79 Å². The van der Waals surface area contributed by atoms with Crippen LogP contribution in [0.1, 0.15) is 48.8 Å². The summed E-state index contributed by atoms with van der Waals surface area (Å²) >= 11 is 0. The third kappa shape index (κ3) is 3.31. The van der Waals surface area contributed by atoms with Crippen LogP contribution in [0, 0.1) is 5.82 Å². The van der Waals surface area contributed by atoms with Gasteiger partial charge in [0, 0.05) is 31.2 Å². The molecule has 1 aromatic carbocycles. The number of rotatable bonds is 8. The molecule has 2 aliphatic rings. The van der Waals surface area contributed by atoms with Crippen LogP contribution in [0.4, 0.5) is 4.39 Å². The highest BCUT2D eigenvalue weighted by molar-refractivity contribution is 5.91. The third-order valence-corrected chi connectivity index (χ3v) is 5.93. The first kappa shape index (κ1) is 19.0. The van der Waals surface area contributed by atoms with Gasteiger partial charge in [0.2, 0.25) is 5.91 Å². The SMILES string of the molecule is COCCn1c(CO)nnc1C1CC(NC(=O)C2(c3ccccc3F)CC2)C1. The molecule has 150 valence electrons. The molecule has 2 aromatic rings. The normalized spacial score (nSPS) is 22.5. The van der Waals surface area contributed by atoms with Crippen LogP contribution in [0.5, 0.6) is 0 Å². The molecule has 0 unspecified atom stereocenters. The van der Waals surface area contributed by atoms with Crippen LogP contribution < -0.4 is 5.32 Å². The second-order valence-electron chi connectivity index (χ2n) is 7.68. The van der Waals surface area contributed by atoms with Gasteiger partial charge in [0.1, 0.15) is 18.2 Å². The van der Waals surface area contributed by atoms with Crippen LogP contribution in [-0.2, 0) is 28.1 Å². The number of benzene rings is 1. The lowest BCUT2D eigenvalue weighted by atomic mass is 9.79. The molecule has 2 saturated carbocycles. The van der Waals surface area contributed by atoms with Crippen molar-refractivity contribution in [3.63, 3.8) is 0 Å². The molecule has 2 N–H and O–H groups in total. The number of halogens is 1. The fourth-order valence-electron chi connectivity index (χ4n) is 4.06. The van der Waals surface area contributed by atoms with Crippen molar-refractivity contribution in [2.24, 2.45) is 0 Å². The summed E-state index contributed by atoms with van der Waals surface area (Å²) in [5.41, 5.74) is -0.214. The van der Waals surface area contributed by atoms with Gasteiger partial charge in [-0.25, -0.2) is 4.39 Å². The first-order valence-electron chi connectivity index (χ1n) is 9.67. The van der Waals surface area contributed by atoms with Crippen molar-refractivity contribution in [2.45, 2.75) is 56.2 Å². The molecule has 7 nitrogen and oxygen atoms in total. The van der Waals surface area contributed by atoms with E-state index in [4.69, 9.17) is 4.74 Å². The topological polar surface area (TPSA) is 89.3 Å². The molecule has 8 heteroatoms. The number of hydrogen-bond acceptors (Lipinski definition) is 5. The Kier molecular flexibility index (Phi) is 5.16. The minimum absolute atomic E-state index is 0.0481. The Morgan fingerprint density at radius 2 is 2.11 bits per heavy atom. The summed E-state index contributed by atoms with van der Waals surface area (Å²) in [6.45, 7) is 0.920. The van der Waals surface area contributed by atoms with Crippen LogP contribution in [-0.4, -0.2) is 45.5 Å². The summed E-state index contributed by atoms with van der Waals surface area (Å²) < 4.78 is 21.2. The lowest BCUT2D eigenvalue weighted by molar-refractivity contribution is -0.125. The van der Waals surface area contributed by atoms with Gasteiger partial charge in [0.05, 0.1) is 12.0 Å². The molecule has 0 radical (unpaired) electrons. The second kappa shape index (κ2) is 7.60. The standard InChI is InChI=1S/C20H25FN4O3/c1-28-9-8-25-17(12-26)23-24-18(25)13-10-14(11-13)22-19(27)20(6-7-20)15-4-2-3-5-16(15)21/h2-5,13-14,26H,6-12H2,1H3,(H,22,27). The van der Waals surface area contributed by atoms with Gasteiger partial charge < -0.3 is 19.7 Å². The molecule has 1 amide bonds. The Morgan fingerprint density at radius 3 is 2.75 bits per heavy atom. The van der Waals surface area contributed by atoms with Gasteiger partial charge in [-0.05, 0) is 31.7 Å². The number of ether oxygens (including phenoxy) is 1. The van der Waals surface area contributed by atoms with Crippen molar-refractivity contribution in [2.75, 3.05) is 13.7 Å². The molecule has 1 heterocycles. The molecule has 0 bridgehead atoms. The van der Waals surface area contributed by atoms with Crippen molar-refractivity contribution in [1.82, 2.24) is 20.1 Å². The number of carbonyl (C=O) groups is 1. The Hall–Kier alpha value is -2.32. The van der Waals surface area contributed by atoms with Crippen LogP contribution in [0.15, 0.2) is 24.3 Å². The van der Waals surface area contributed by atoms with E-state index in [1.54, 1.807) is 25.3 Å². The zero-order valence-corrected chi connectivity index (χ0v) is 15.9. The molecular weight excluding hydrogens is 363 g/mol. The van der Waals surface area contributed by atoms with Gasteiger partial charge >= 0.3 is 0 Å². The van der Waals surface area contributed by atoms with E-state index in [9.17, 15) is 14.3 Å². The van der Waals surface area contributed by atoms with E-state index in [-0.39, 0.29) is 30.3 Å². The largest absolute Gasteiger partial charge is 0.388 e. The quantitative estimate of drug-likeness (QED) is 0.718. The minimum atomic E-state index is -0.709. The maximum atomic E-state index is 14.2. The third-order valence-electron chi connectivity index (χ3n) is 5.93. The molecule has 28 heavy (non-hydrogen) atoms. The van der Waals surface area contributed by atoms with Crippen LogP contribution in [0.3, 0.4) is 0 Å². The molecule has 2 aliphatic carbocycles. The maximum absolute atomic E-state index is 14.2. The highest BCUT2D eigenvalue weighted by Crippen LogP contribution is 2.50. The van der Waals surface area contributed by atoms with Gasteiger partial charge in [-0.15, -0.1) is 10.2 Å². The number of methoxy groups -OCH3 is 1. The van der Waals surface area contributed by atoms with Gasteiger partial charge in [-0.1, -0.05) is 18.2 Å². The highest BCUT2D eigenvalue weighted by Gasteiger charge is 2.53. The van der Waals surface area contributed by atoms with Crippen LogP contribution in [0.2, 0.25) is 0 Å². The molecule has 1 aromatic heterocycles. The number of hydrogen-bond donors (Lipinski definition) is 2. The number of aliphatic hydroxyl groups is 1. The maximum Gasteiger partial charge on any atom is 0.230 e. The number of carbonyl (C=O) groups excluding carboxylic acids is 1. The molecular formula is C20H25FN4O3. The molecule has 0 aliphatic heterocycles. The molecule has 0 saturated heterocycles. The predicted octanol–water partition coefficient (Wildman–Crippen LogP) is 1.65. The first-order chi connectivity index (χ1) is 13.6. The number of nitrogens with zero attached hydrogens (tertiary/aromatic N) is 3. The number of aliphatic hydroxyl groups excluding tert-OH is 1. The number of nitrogens with one attached hydrogen (secondary N) is 1. The minimum Gasteiger partial charge on any atom is -0.388 e. The van der Waals surface area contributed by atoms with Gasteiger partial charge in [-0.2, -0.15) is 0 Å². The van der Waals surface area contributed by atoms with E-state index in [1.807, 2.05) is 4.57 Å². The van der Waals surface area contributed by atoms with E-state index >= 15 is 0 Å². The van der Waals surface area contributed by atoms with Crippen LogP contribution in [0.25, 0.3) is 0 Å². The Bertz CT molecular complexity index is 859. The fraction of sp³-hybridized carbons (Fsp3) is 0.550. The first-order valence-corrected chi connectivity index (χ1v) is 9.67. The average molecular weight is 388 g/mol. The highest BCUT2D eigenvalue weighted by atomic mass is 19.1. The summed E-state index contributed by atoms with van der Waals surface area (Å²) in [6.07, 6.45) is 2.88. The van der Waals surface area contributed by atoms with Gasteiger partial charge in [0.15, 0.2) is 5.82 Å². The van der Waals surface area contributed by atoms with Crippen molar-refractivity contribution in [3.05, 3.63) is 47.3 Å². The molecule has 2 fully saturated rings. The Labute approximate surface area is 162 Å². The van der Waals surface area contributed by atoms with Crippen molar-refractivity contribution < 1.29 is 19.0 Å². The van der Waals surface area contributed by atoms with Crippen LogP contribution >= 0.6 is 0 Å². The average Bonchev–Trinajstić information content (AvgIpc) is 3.38. The Balaban J connectivity index is 1.38. The summed E-state index contributed by atoms with van der Waals surface area (Å²) in [6, 6.07) is 6.58. The van der Waals surface area contributed by atoms with Crippen molar-refractivity contribution >= 4 is 5.91 Å². The van der Waals surface area contributed by atoms with E-state index < -0.39 is 5.41 Å². The van der Waals surface area contributed by atoms with Gasteiger partial charge in [0.25, 0.3) is 0 Å². The fourth-order valence-corrected chi connectivity index (χ4v) is 4.06. The van der Waals surface area contributed by atoms with E-state index in [0.29, 0.717) is 37.4 Å². The van der Waals surface area contributed by atoms with Crippen molar-refractivity contribution in [1.29, 1.82) is 0 Å². The summed E-state index contributed by atoms with van der Waals surface area (Å²) in [5, 5.41) is 20.8. The number of amides is 1. The molecule has 0 atom stereocenters. The molecule has 4 rings (SSSR count). The summed E-state index contributed by atoms with van der Waals surface area (Å²) in [5.74, 6) is 1.12. The lowest BCUT2D eigenvalue weighted by Crippen LogP contribution is -2.48. The summed E-state index contributed by atoms with van der Waals surface area (Å²) in [4.78, 5) is 12.8. The second-order valence-corrected chi connectivity index (χ2v) is 7.68. The Morgan fingerprint density at radius 1 is 1.36 bits per heavy atom.